The Morgan fingerprint density at radius 2 is 2.14 bits per heavy atom. The molecule has 1 saturated carbocycles. The van der Waals surface area contributed by atoms with Crippen molar-refractivity contribution < 1.29 is 23.4 Å². The molecular formula is C15H19F2NO3. The Morgan fingerprint density at radius 1 is 1.43 bits per heavy atom. The number of hydrogen-bond acceptors (Lipinski definition) is 3. The zero-order valence-electron chi connectivity index (χ0n) is 11.9. The lowest BCUT2D eigenvalue weighted by Gasteiger charge is -2.13. The number of rotatable bonds is 7. The summed E-state index contributed by atoms with van der Waals surface area (Å²) in [5.41, 5.74) is -0.234. The molecule has 0 radical (unpaired) electrons. The Balaban J connectivity index is 1.79. The molecule has 2 N–H and O–H groups in total. The molecule has 1 amide bonds. The third-order valence-electron chi connectivity index (χ3n) is 3.35. The van der Waals surface area contributed by atoms with E-state index in [2.05, 4.69) is 5.32 Å². The molecule has 0 saturated heterocycles. The fraction of sp³-hybridized carbons (Fsp3) is 0.533. The molecule has 2 rings (SSSR count). The molecule has 1 aliphatic rings. The fourth-order valence-corrected chi connectivity index (χ4v) is 1.84. The predicted octanol–water partition coefficient (Wildman–Crippen LogP) is 1.79. The number of aliphatic hydroxyl groups excluding tert-OH is 1. The third kappa shape index (κ3) is 4.75. The van der Waals surface area contributed by atoms with Crippen LogP contribution in [0.25, 0.3) is 0 Å². The highest BCUT2D eigenvalue weighted by atomic mass is 19.1. The monoisotopic (exact) mass is 299 g/mol. The van der Waals surface area contributed by atoms with Crippen LogP contribution in [0.3, 0.4) is 0 Å². The van der Waals surface area contributed by atoms with Crippen molar-refractivity contribution in [1.29, 1.82) is 0 Å². The number of hydrogen-bond donors (Lipinski definition) is 2. The van der Waals surface area contributed by atoms with E-state index in [0.717, 1.165) is 25.0 Å². The van der Waals surface area contributed by atoms with Crippen molar-refractivity contribution in [3.63, 3.8) is 0 Å². The molecule has 1 aromatic carbocycles. The SMILES string of the molecule is Cc1cc(F)c(C(=O)NCC(O)COCC2CC2)cc1F. The van der Waals surface area contributed by atoms with Gasteiger partial charge in [0, 0.05) is 13.2 Å². The van der Waals surface area contributed by atoms with Crippen molar-refractivity contribution in [2.24, 2.45) is 5.92 Å². The first-order valence-corrected chi connectivity index (χ1v) is 6.97. The molecule has 116 valence electrons. The summed E-state index contributed by atoms with van der Waals surface area (Å²) in [7, 11) is 0. The number of amides is 1. The number of benzene rings is 1. The maximum atomic E-state index is 13.6. The summed E-state index contributed by atoms with van der Waals surface area (Å²) in [5.74, 6) is -1.59. The lowest BCUT2D eigenvalue weighted by Crippen LogP contribution is -2.35. The van der Waals surface area contributed by atoms with Gasteiger partial charge in [0.05, 0.1) is 18.3 Å². The summed E-state index contributed by atoms with van der Waals surface area (Å²) in [6, 6.07) is 1.83. The van der Waals surface area contributed by atoms with Crippen LogP contribution in [-0.2, 0) is 4.74 Å². The highest BCUT2D eigenvalue weighted by Gasteiger charge is 2.22. The summed E-state index contributed by atoms with van der Waals surface area (Å²) in [5, 5.41) is 12.0. The van der Waals surface area contributed by atoms with Gasteiger partial charge in [0.25, 0.3) is 5.91 Å². The predicted molar refractivity (Wildman–Crippen MR) is 73.0 cm³/mol. The maximum absolute atomic E-state index is 13.6. The summed E-state index contributed by atoms with van der Waals surface area (Å²) in [6.45, 7) is 2.07. The van der Waals surface area contributed by atoms with Crippen LogP contribution in [-0.4, -0.2) is 36.9 Å². The molecule has 4 nitrogen and oxygen atoms in total. The van der Waals surface area contributed by atoms with Gasteiger partial charge < -0.3 is 15.2 Å². The van der Waals surface area contributed by atoms with E-state index < -0.39 is 23.6 Å². The number of carbonyl (C=O) groups excluding carboxylic acids is 1. The molecule has 0 heterocycles. The Morgan fingerprint density at radius 3 is 2.81 bits per heavy atom. The van der Waals surface area contributed by atoms with Crippen molar-refractivity contribution in [3.05, 3.63) is 34.9 Å². The van der Waals surface area contributed by atoms with Gasteiger partial charge in [-0.25, -0.2) is 8.78 Å². The average molecular weight is 299 g/mol. The Labute approximate surface area is 122 Å². The van der Waals surface area contributed by atoms with Gasteiger partial charge in [-0.05, 0) is 43.4 Å². The van der Waals surface area contributed by atoms with Crippen LogP contribution in [0.1, 0.15) is 28.8 Å². The van der Waals surface area contributed by atoms with Crippen LogP contribution in [0.4, 0.5) is 8.78 Å². The highest BCUT2D eigenvalue weighted by molar-refractivity contribution is 5.94. The largest absolute Gasteiger partial charge is 0.389 e. The smallest absolute Gasteiger partial charge is 0.254 e. The molecule has 1 fully saturated rings. The Kier molecular flexibility index (Phi) is 5.25. The van der Waals surface area contributed by atoms with Gasteiger partial charge in [-0.1, -0.05) is 0 Å². The average Bonchev–Trinajstić information content (AvgIpc) is 3.24. The molecule has 6 heteroatoms. The van der Waals surface area contributed by atoms with Gasteiger partial charge in [-0.2, -0.15) is 0 Å². The standard InChI is InChI=1S/C15H19F2NO3/c1-9-4-14(17)12(5-13(9)16)15(20)18-6-11(19)8-21-7-10-2-3-10/h4-5,10-11,19H,2-3,6-8H2,1H3,(H,18,20). The lowest BCUT2D eigenvalue weighted by molar-refractivity contribution is 0.0320. The Bertz CT molecular complexity index is 518. The van der Waals surface area contributed by atoms with E-state index in [1.165, 1.54) is 6.92 Å². The summed E-state index contributed by atoms with van der Waals surface area (Å²) < 4.78 is 32.2. The molecule has 0 bridgehead atoms. The number of halogens is 2. The number of aliphatic hydroxyl groups is 1. The van der Waals surface area contributed by atoms with Crippen LogP contribution in [0.15, 0.2) is 12.1 Å². The molecule has 0 spiro atoms. The zero-order chi connectivity index (χ0) is 15.4. The molecule has 1 aromatic rings. The van der Waals surface area contributed by atoms with Crippen molar-refractivity contribution in [3.8, 4) is 0 Å². The van der Waals surface area contributed by atoms with Gasteiger partial charge in [0.2, 0.25) is 0 Å². The summed E-state index contributed by atoms with van der Waals surface area (Å²) >= 11 is 0. The molecule has 1 unspecified atom stereocenters. The summed E-state index contributed by atoms with van der Waals surface area (Å²) in [6.07, 6.45) is 1.45. The van der Waals surface area contributed by atoms with Crippen LogP contribution in [0.5, 0.6) is 0 Å². The van der Waals surface area contributed by atoms with E-state index in [4.69, 9.17) is 4.74 Å². The minimum atomic E-state index is -0.869. The molecule has 21 heavy (non-hydrogen) atoms. The molecule has 1 aliphatic carbocycles. The third-order valence-corrected chi connectivity index (χ3v) is 3.35. The second-order valence-electron chi connectivity index (χ2n) is 5.43. The first-order chi connectivity index (χ1) is 9.97. The van der Waals surface area contributed by atoms with Gasteiger partial charge in [-0.3, -0.25) is 4.79 Å². The zero-order valence-corrected chi connectivity index (χ0v) is 11.9. The van der Waals surface area contributed by atoms with E-state index in [1.54, 1.807) is 0 Å². The number of carbonyl (C=O) groups is 1. The molecule has 1 atom stereocenters. The second-order valence-corrected chi connectivity index (χ2v) is 5.43. The lowest BCUT2D eigenvalue weighted by atomic mass is 10.1. The number of aryl methyl sites for hydroxylation is 1. The number of ether oxygens (including phenoxy) is 1. The molecule has 0 aliphatic heterocycles. The van der Waals surface area contributed by atoms with Crippen LogP contribution in [0.2, 0.25) is 0 Å². The van der Waals surface area contributed by atoms with Crippen LogP contribution < -0.4 is 5.32 Å². The Hall–Kier alpha value is -1.53. The maximum Gasteiger partial charge on any atom is 0.254 e. The summed E-state index contributed by atoms with van der Waals surface area (Å²) in [4.78, 5) is 11.8. The van der Waals surface area contributed by atoms with Gasteiger partial charge in [-0.15, -0.1) is 0 Å². The minimum Gasteiger partial charge on any atom is -0.389 e. The minimum absolute atomic E-state index is 0.0710. The van der Waals surface area contributed by atoms with Crippen LogP contribution >= 0.6 is 0 Å². The van der Waals surface area contributed by atoms with Crippen LogP contribution in [0, 0.1) is 24.5 Å². The first-order valence-electron chi connectivity index (χ1n) is 6.97. The van der Waals surface area contributed by atoms with Gasteiger partial charge in [0.1, 0.15) is 11.6 Å². The number of nitrogens with one attached hydrogen (secondary N) is 1. The van der Waals surface area contributed by atoms with Crippen molar-refractivity contribution in [2.45, 2.75) is 25.9 Å². The first kappa shape index (κ1) is 15.9. The second kappa shape index (κ2) is 6.95. The molecule has 0 aromatic heterocycles. The van der Waals surface area contributed by atoms with E-state index in [1.807, 2.05) is 0 Å². The van der Waals surface area contributed by atoms with Crippen molar-refractivity contribution in [1.82, 2.24) is 5.32 Å². The molecular weight excluding hydrogens is 280 g/mol. The van der Waals surface area contributed by atoms with Crippen molar-refractivity contribution in [2.75, 3.05) is 19.8 Å². The van der Waals surface area contributed by atoms with E-state index in [0.29, 0.717) is 12.5 Å². The quantitative estimate of drug-likeness (QED) is 0.807. The normalized spacial score (nSPS) is 15.8. The van der Waals surface area contributed by atoms with E-state index in [9.17, 15) is 18.7 Å². The highest BCUT2D eigenvalue weighted by Crippen LogP contribution is 2.28. The van der Waals surface area contributed by atoms with E-state index in [-0.39, 0.29) is 24.3 Å². The van der Waals surface area contributed by atoms with E-state index >= 15 is 0 Å². The fourth-order valence-electron chi connectivity index (χ4n) is 1.84. The van der Waals surface area contributed by atoms with Gasteiger partial charge >= 0.3 is 0 Å². The van der Waals surface area contributed by atoms with Crippen molar-refractivity contribution >= 4 is 5.91 Å². The van der Waals surface area contributed by atoms with Gasteiger partial charge in [0.15, 0.2) is 0 Å². The topological polar surface area (TPSA) is 58.6 Å².